The van der Waals surface area contributed by atoms with Crippen molar-refractivity contribution in [2.45, 2.75) is 25.8 Å². The molecule has 1 heteroatoms. The molecule has 2 rings (SSSR count). The maximum Gasteiger partial charge on any atom is 0.109 e. The fourth-order valence-electron chi connectivity index (χ4n) is 1.64. The van der Waals surface area contributed by atoms with Crippen LogP contribution in [0.5, 0.6) is 0 Å². The quantitative estimate of drug-likeness (QED) is 0.719. The Kier molecular flexibility index (Phi) is 2.65. The minimum Gasteiger partial charge on any atom is -0.340 e. The van der Waals surface area contributed by atoms with E-state index in [-0.39, 0.29) is 0 Å². The van der Waals surface area contributed by atoms with Crippen LogP contribution in [0, 0.1) is 5.92 Å². The van der Waals surface area contributed by atoms with E-state index >= 15 is 0 Å². The van der Waals surface area contributed by atoms with Gasteiger partial charge in [0.25, 0.3) is 0 Å². The predicted molar refractivity (Wildman–Crippen MR) is 54.4 cm³/mol. The highest BCUT2D eigenvalue weighted by molar-refractivity contribution is 5.16. The van der Waals surface area contributed by atoms with Crippen molar-refractivity contribution in [3.63, 3.8) is 0 Å². The minimum absolute atomic E-state index is 0.627. The smallest absolute Gasteiger partial charge is 0.109 e. The van der Waals surface area contributed by atoms with Gasteiger partial charge in [-0.25, -0.2) is 0 Å². The Hall–Kier alpha value is -0.820. The van der Waals surface area contributed by atoms with Gasteiger partial charge in [0.05, 0.1) is 6.54 Å². The standard InChI is InChI=1S/C12H17N/c1-10(13-9-11-7-8-11)12-5-3-2-4-6-12/h2-6,10-11,13H,7-9H2,1H3/p+1/t10-/m1/s1. The molecule has 0 bridgehead atoms. The lowest BCUT2D eigenvalue weighted by atomic mass is 10.1. The Balaban J connectivity index is 1.85. The van der Waals surface area contributed by atoms with E-state index in [1.54, 1.807) is 0 Å². The van der Waals surface area contributed by atoms with Crippen LogP contribution < -0.4 is 5.32 Å². The van der Waals surface area contributed by atoms with Crippen molar-refractivity contribution in [1.29, 1.82) is 0 Å². The molecular weight excluding hydrogens is 158 g/mol. The third-order valence-electron chi connectivity index (χ3n) is 2.85. The summed E-state index contributed by atoms with van der Waals surface area (Å²) >= 11 is 0. The first-order chi connectivity index (χ1) is 6.36. The number of benzene rings is 1. The van der Waals surface area contributed by atoms with Gasteiger partial charge in [0.1, 0.15) is 6.04 Å². The molecule has 2 N–H and O–H groups in total. The van der Waals surface area contributed by atoms with E-state index < -0.39 is 0 Å². The van der Waals surface area contributed by atoms with Gasteiger partial charge in [-0.2, -0.15) is 0 Å². The van der Waals surface area contributed by atoms with Crippen LogP contribution in [-0.2, 0) is 0 Å². The van der Waals surface area contributed by atoms with E-state index in [1.165, 1.54) is 24.9 Å². The molecule has 0 spiro atoms. The Morgan fingerprint density at radius 2 is 2.00 bits per heavy atom. The van der Waals surface area contributed by atoms with Gasteiger partial charge in [-0.15, -0.1) is 0 Å². The summed E-state index contributed by atoms with van der Waals surface area (Å²) < 4.78 is 0. The molecule has 1 atom stereocenters. The zero-order valence-electron chi connectivity index (χ0n) is 8.24. The van der Waals surface area contributed by atoms with Crippen LogP contribution in [0.3, 0.4) is 0 Å². The van der Waals surface area contributed by atoms with Crippen molar-refractivity contribution >= 4 is 0 Å². The lowest BCUT2D eigenvalue weighted by Gasteiger charge is -2.09. The molecule has 13 heavy (non-hydrogen) atoms. The molecule has 1 aliphatic rings. The highest BCUT2D eigenvalue weighted by Crippen LogP contribution is 2.26. The van der Waals surface area contributed by atoms with Crippen molar-refractivity contribution in [3.05, 3.63) is 35.9 Å². The third kappa shape index (κ3) is 2.56. The molecule has 1 aromatic rings. The molecule has 0 aromatic heterocycles. The summed E-state index contributed by atoms with van der Waals surface area (Å²) in [5.74, 6) is 1.02. The second-order valence-corrected chi connectivity index (χ2v) is 4.11. The van der Waals surface area contributed by atoms with Gasteiger partial charge < -0.3 is 5.32 Å². The number of hydrogen-bond donors (Lipinski definition) is 1. The molecule has 0 saturated heterocycles. The maximum atomic E-state index is 2.47. The minimum atomic E-state index is 0.627. The number of nitrogens with two attached hydrogens (primary N) is 1. The summed E-state index contributed by atoms with van der Waals surface area (Å²) in [6.45, 7) is 3.60. The lowest BCUT2D eigenvalue weighted by Crippen LogP contribution is -2.85. The zero-order chi connectivity index (χ0) is 9.10. The molecule has 1 aliphatic carbocycles. The van der Waals surface area contributed by atoms with Gasteiger partial charge in [0.2, 0.25) is 0 Å². The monoisotopic (exact) mass is 176 g/mol. The van der Waals surface area contributed by atoms with Crippen LogP contribution in [0.1, 0.15) is 31.4 Å². The topological polar surface area (TPSA) is 16.6 Å². The van der Waals surface area contributed by atoms with Gasteiger partial charge in [0, 0.05) is 11.5 Å². The Morgan fingerprint density at radius 3 is 2.62 bits per heavy atom. The molecule has 1 saturated carbocycles. The molecule has 1 nitrogen and oxygen atoms in total. The number of quaternary nitrogens is 1. The Morgan fingerprint density at radius 1 is 1.31 bits per heavy atom. The van der Waals surface area contributed by atoms with E-state index in [9.17, 15) is 0 Å². The second kappa shape index (κ2) is 3.93. The van der Waals surface area contributed by atoms with Crippen molar-refractivity contribution in [1.82, 2.24) is 0 Å². The summed E-state index contributed by atoms with van der Waals surface area (Å²) in [5, 5.41) is 2.47. The zero-order valence-corrected chi connectivity index (χ0v) is 8.24. The normalized spacial score (nSPS) is 18.5. The van der Waals surface area contributed by atoms with Gasteiger partial charge in [0.15, 0.2) is 0 Å². The van der Waals surface area contributed by atoms with Crippen LogP contribution in [0.4, 0.5) is 0 Å². The molecule has 0 aliphatic heterocycles. The van der Waals surface area contributed by atoms with Gasteiger partial charge in [-0.1, -0.05) is 30.3 Å². The summed E-state index contributed by atoms with van der Waals surface area (Å²) in [6, 6.07) is 11.4. The number of rotatable bonds is 4. The van der Waals surface area contributed by atoms with Crippen molar-refractivity contribution < 1.29 is 5.32 Å². The van der Waals surface area contributed by atoms with Crippen LogP contribution in [0.2, 0.25) is 0 Å². The average molecular weight is 176 g/mol. The van der Waals surface area contributed by atoms with Crippen molar-refractivity contribution in [2.75, 3.05) is 6.54 Å². The summed E-state index contributed by atoms with van der Waals surface area (Å²) in [7, 11) is 0. The third-order valence-corrected chi connectivity index (χ3v) is 2.85. The van der Waals surface area contributed by atoms with E-state index in [4.69, 9.17) is 0 Å². The van der Waals surface area contributed by atoms with Gasteiger partial charge >= 0.3 is 0 Å². The van der Waals surface area contributed by atoms with Crippen LogP contribution in [0.15, 0.2) is 30.3 Å². The van der Waals surface area contributed by atoms with Crippen LogP contribution in [-0.4, -0.2) is 6.54 Å². The fraction of sp³-hybridized carbons (Fsp3) is 0.500. The molecule has 0 heterocycles. The second-order valence-electron chi connectivity index (χ2n) is 4.11. The maximum absolute atomic E-state index is 2.47. The highest BCUT2D eigenvalue weighted by Gasteiger charge is 2.24. The SMILES string of the molecule is C[C@@H]([NH2+]CC1CC1)c1ccccc1. The van der Waals surface area contributed by atoms with Crippen LogP contribution >= 0.6 is 0 Å². The first-order valence-corrected chi connectivity index (χ1v) is 5.24. The van der Waals surface area contributed by atoms with Crippen LogP contribution in [0.25, 0.3) is 0 Å². The van der Waals surface area contributed by atoms with Gasteiger partial charge in [-0.3, -0.25) is 0 Å². The van der Waals surface area contributed by atoms with E-state index in [0.29, 0.717) is 6.04 Å². The lowest BCUT2D eigenvalue weighted by molar-refractivity contribution is -0.695. The summed E-state index contributed by atoms with van der Waals surface area (Å²) in [6.07, 6.45) is 2.91. The van der Waals surface area contributed by atoms with Gasteiger partial charge in [-0.05, 0) is 19.8 Å². The van der Waals surface area contributed by atoms with Crippen molar-refractivity contribution in [2.24, 2.45) is 5.92 Å². The van der Waals surface area contributed by atoms with E-state index in [0.717, 1.165) is 5.92 Å². The van der Waals surface area contributed by atoms with E-state index in [2.05, 4.69) is 42.6 Å². The summed E-state index contributed by atoms with van der Waals surface area (Å²) in [5.41, 5.74) is 1.45. The molecule has 1 aromatic carbocycles. The first kappa shape index (κ1) is 8.76. The molecule has 0 amide bonds. The molecule has 0 unspecified atom stereocenters. The molecular formula is C12H18N+. The Labute approximate surface area is 80.2 Å². The Bertz CT molecular complexity index is 251. The number of hydrogen-bond acceptors (Lipinski definition) is 0. The fourth-order valence-corrected chi connectivity index (χ4v) is 1.64. The highest BCUT2D eigenvalue weighted by atomic mass is 14.9. The average Bonchev–Trinajstić information content (AvgIpc) is 2.99. The van der Waals surface area contributed by atoms with Crippen molar-refractivity contribution in [3.8, 4) is 0 Å². The first-order valence-electron chi connectivity index (χ1n) is 5.24. The molecule has 0 radical (unpaired) electrons. The largest absolute Gasteiger partial charge is 0.340 e. The predicted octanol–water partition coefficient (Wildman–Crippen LogP) is 1.72. The van der Waals surface area contributed by atoms with E-state index in [1.807, 2.05) is 0 Å². The summed E-state index contributed by atoms with van der Waals surface area (Å²) in [4.78, 5) is 0. The molecule has 1 fully saturated rings. The molecule has 70 valence electrons.